The van der Waals surface area contributed by atoms with Crippen molar-refractivity contribution < 1.29 is 28.5 Å². The highest BCUT2D eigenvalue weighted by atomic mass is 16.6. The zero-order valence-corrected chi connectivity index (χ0v) is 16.4. The number of aryl methyl sites for hydroxylation is 1. The molecule has 0 atom stereocenters. The third kappa shape index (κ3) is 3.64. The number of hydrogen-bond donors (Lipinski definition) is 0. The van der Waals surface area contributed by atoms with Gasteiger partial charge in [0.25, 0.3) is 0 Å². The molecule has 0 N–H and O–H groups in total. The summed E-state index contributed by atoms with van der Waals surface area (Å²) in [6, 6.07) is 9.02. The van der Waals surface area contributed by atoms with Gasteiger partial charge >= 0.3 is 5.97 Å². The Hall–Kier alpha value is -3.48. The maximum atomic E-state index is 12.3. The molecule has 7 nitrogen and oxygen atoms in total. The van der Waals surface area contributed by atoms with Gasteiger partial charge in [0.2, 0.25) is 11.6 Å². The van der Waals surface area contributed by atoms with Gasteiger partial charge in [0, 0.05) is 11.1 Å². The van der Waals surface area contributed by atoms with Crippen molar-refractivity contribution >= 4 is 17.9 Å². The minimum absolute atomic E-state index is 0.155. The second-order valence-corrected chi connectivity index (χ2v) is 6.00. The number of benzene rings is 2. The van der Waals surface area contributed by atoms with Crippen LogP contribution in [0.15, 0.2) is 41.0 Å². The zero-order chi connectivity index (χ0) is 20.3. The largest absolute Gasteiger partial charge is 0.496 e. The Morgan fingerprint density at radius 2 is 1.54 bits per heavy atom. The highest BCUT2D eigenvalue weighted by molar-refractivity contribution is 6.13. The molecule has 28 heavy (non-hydrogen) atoms. The predicted octanol–water partition coefficient (Wildman–Crippen LogP) is 3.37. The van der Waals surface area contributed by atoms with Gasteiger partial charge in [-0.05, 0) is 37.3 Å². The zero-order valence-electron chi connectivity index (χ0n) is 16.4. The fourth-order valence-corrected chi connectivity index (χ4v) is 2.85. The van der Waals surface area contributed by atoms with Crippen LogP contribution in [0.3, 0.4) is 0 Å². The summed E-state index contributed by atoms with van der Waals surface area (Å²) >= 11 is 0. The van der Waals surface area contributed by atoms with Crippen LogP contribution in [-0.4, -0.2) is 40.3 Å². The van der Waals surface area contributed by atoms with Crippen molar-refractivity contribution in [2.75, 3.05) is 28.4 Å². The summed E-state index contributed by atoms with van der Waals surface area (Å²) in [5.74, 6) is 1.57. The highest BCUT2D eigenvalue weighted by Gasteiger charge is 2.26. The molecule has 0 unspecified atom stereocenters. The standard InChI is InChI=1S/C21H21NO6/c1-12-6-7-16(24-2)13(8-12)9-15-21(23)28-20(22-15)14-10-17(25-3)19(27-5)18(11-14)26-4/h6-11H,1-5H3. The molecule has 0 bridgehead atoms. The Morgan fingerprint density at radius 1 is 0.893 bits per heavy atom. The van der Waals surface area contributed by atoms with Gasteiger partial charge in [0.1, 0.15) is 5.75 Å². The molecule has 0 radical (unpaired) electrons. The van der Waals surface area contributed by atoms with E-state index in [9.17, 15) is 4.79 Å². The number of methoxy groups -OCH3 is 4. The van der Waals surface area contributed by atoms with Crippen LogP contribution in [0.4, 0.5) is 0 Å². The van der Waals surface area contributed by atoms with Crippen LogP contribution in [0.2, 0.25) is 0 Å². The van der Waals surface area contributed by atoms with Gasteiger partial charge in [-0.15, -0.1) is 0 Å². The van der Waals surface area contributed by atoms with Gasteiger partial charge in [-0.2, -0.15) is 0 Å². The lowest BCUT2D eigenvalue weighted by Crippen LogP contribution is -2.07. The van der Waals surface area contributed by atoms with E-state index in [0.29, 0.717) is 28.6 Å². The number of carbonyl (C=O) groups excluding carboxylic acids is 1. The Kier molecular flexibility index (Phi) is 5.54. The Morgan fingerprint density at radius 3 is 2.11 bits per heavy atom. The van der Waals surface area contributed by atoms with Gasteiger partial charge in [0.15, 0.2) is 17.2 Å². The van der Waals surface area contributed by atoms with Crippen molar-refractivity contribution in [2.24, 2.45) is 4.99 Å². The highest BCUT2D eigenvalue weighted by Crippen LogP contribution is 2.39. The fourth-order valence-electron chi connectivity index (χ4n) is 2.85. The molecule has 7 heteroatoms. The van der Waals surface area contributed by atoms with Crippen molar-refractivity contribution in [3.05, 3.63) is 52.7 Å². The number of ether oxygens (including phenoxy) is 5. The number of aliphatic imine (C=N–C) groups is 1. The average Bonchev–Trinajstić information content (AvgIpc) is 3.07. The number of hydrogen-bond acceptors (Lipinski definition) is 7. The molecule has 0 aromatic heterocycles. The lowest BCUT2D eigenvalue weighted by molar-refractivity contribution is -0.129. The summed E-state index contributed by atoms with van der Waals surface area (Å²) in [5.41, 5.74) is 2.48. The van der Waals surface area contributed by atoms with Crippen molar-refractivity contribution in [3.8, 4) is 23.0 Å². The maximum absolute atomic E-state index is 12.3. The molecule has 0 fully saturated rings. The van der Waals surface area contributed by atoms with E-state index in [1.54, 1.807) is 25.3 Å². The summed E-state index contributed by atoms with van der Waals surface area (Å²) in [6.07, 6.45) is 1.64. The minimum Gasteiger partial charge on any atom is -0.496 e. The smallest absolute Gasteiger partial charge is 0.363 e. The molecule has 0 amide bonds. The van der Waals surface area contributed by atoms with Crippen LogP contribution in [0, 0.1) is 6.92 Å². The number of esters is 1. The molecule has 0 saturated carbocycles. The summed E-state index contributed by atoms with van der Waals surface area (Å²) in [4.78, 5) is 16.7. The van der Waals surface area contributed by atoms with Crippen molar-refractivity contribution in [1.82, 2.24) is 0 Å². The normalized spacial score (nSPS) is 14.5. The van der Waals surface area contributed by atoms with Crippen LogP contribution in [-0.2, 0) is 9.53 Å². The van der Waals surface area contributed by atoms with Crippen molar-refractivity contribution in [3.63, 3.8) is 0 Å². The summed E-state index contributed by atoms with van der Waals surface area (Å²) in [5, 5.41) is 0. The predicted molar refractivity (Wildman–Crippen MR) is 104 cm³/mol. The summed E-state index contributed by atoms with van der Waals surface area (Å²) in [6.45, 7) is 1.96. The first-order valence-electron chi connectivity index (χ1n) is 8.48. The van der Waals surface area contributed by atoms with E-state index in [1.807, 2.05) is 25.1 Å². The van der Waals surface area contributed by atoms with E-state index >= 15 is 0 Å². The summed E-state index contributed by atoms with van der Waals surface area (Å²) in [7, 11) is 6.12. The molecule has 1 aliphatic rings. The molecule has 3 rings (SSSR count). The molecule has 1 aliphatic heterocycles. The van der Waals surface area contributed by atoms with Crippen molar-refractivity contribution in [1.29, 1.82) is 0 Å². The van der Waals surface area contributed by atoms with Crippen LogP contribution in [0.5, 0.6) is 23.0 Å². The lowest BCUT2D eigenvalue weighted by Gasteiger charge is -2.13. The van der Waals surface area contributed by atoms with E-state index in [-0.39, 0.29) is 11.6 Å². The quantitative estimate of drug-likeness (QED) is 0.562. The van der Waals surface area contributed by atoms with Gasteiger partial charge in [0.05, 0.1) is 28.4 Å². The number of carbonyl (C=O) groups is 1. The lowest BCUT2D eigenvalue weighted by atomic mass is 10.1. The fraction of sp³-hybridized carbons (Fsp3) is 0.238. The average molecular weight is 383 g/mol. The van der Waals surface area contributed by atoms with E-state index in [4.69, 9.17) is 23.7 Å². The first-order valence-corrected chi connectivity index (χ1v) is 8.48. The second-order valence-electron chi connectivity index (χ2n) is 6.00. The molecule has 2 aromatic carbocycles. The molecule has 1 heterocycles. The SMILES string of the molecule is COc1ccc(C)cc1C=C1N=C(c2cc(OC)c(OC)c(OC)c2)OC1=O. The van der Waals surface area contributed by atoms with Gasteiger partial charge in [-0.1, -0.05) is 11.6 Å². The monoisotopic (exact) mass is 383 g/mol. The van der Waals surface area contributed by atoms with Crippen LogP contribution in [0.1, 0.15) is 16.7 Å². The number of nitrogens with zero attached hydrogens (tertiary/aromatic N) is 1. The Labute approximate surface area is 163 Å². The van der Waals surface area contributed by atoms with Gasteiger partial charge < -0.3 is 23.7 Å². The van der Waals surface area contributed by atoms with Crippen LogP contribution < -0.4 is 18.9 Å². The molecule has 2 aromatic rings. The number of cyclic esters (lactones) is 1. The van der Waals surface area contributed by atoms with Gasteiger partial charge in [-0.25, -0.2) is 9.79 Å². The Bertz CT molecular complexity index is 952. The van der Waals surface area contributed by atoms with Crippen molar-refractivity contribution in [2.45, 2.75) is 6.92 Å². The molecule has 146 valence electrons. The minimum atomic E-state index is -0.549. The van der Waals surface area contributed by atoms with E-state index in [2.05, 4.69) is 4.99 Å². The van der Waals surface area contributed by atoms with Crippen LogP contribution in [0.25, 0.3) is 6.08 Å². The molecular weight excluding hydrogens is 362 g/mol. The van der Waals surface area contributed by atoms with E-state index in [1.165, 1.54) is 21.3 Å². The topological polar surface area (TPSA) is 75.6 Å². The first kappa shape index (κ1) is 19.3. The van der Waals surface area contributed by atoms with Gasteiger partial charge in [-0.3, -0.25) is 0 Å². The number of rotatable bonds is 6. The van der Waals surface area contributed by atoms with E-state index < -0.39 is 5.97 Å². The second kappa shape index (κ2) is 8.04. The third-order valence-electron chi connectivity index (χ3n) is 4.21. The summed E-state index contributed by atoms with van der Waals surface area (Å²) < 4.78 is 26.7. The van der Waals surface area contributed by atoms with Crippen LogP contribution >= 0.6 is 0 Å². The first-order chi connectivity index (χ1) is 13.5. The molecule has 0 aliphatic carbocycles. The molecule has 0 saturated heterocycles. The van der Waals surface area contributed by atoms with E-state index in [0.717, 1.165) is 11.1 Å². The third-order valence-corrected chi connectivity index (χ3v) is 4.21. The maximum Gasteiger partial charge on any atom is 0.363 e. The molecular formula is C21H21NO6. The Balaban J connectivity index is 2.04. The molecule has 0 spiro atoms.